The quantitative estimate of drug-likeness (QED) is 0.443. The van der Waals surface area contributed by atoms with Crippen LogP contribution in [0.1, 0.15) is 15.9 Å². The van der Waals surface area contributed by atoms with E-state index in [9.17, 15) is 13.2 Å². The molecule has 7 nitrogen and oxygen atoms in total. The molecule has 0 saturated carbocycles. The molecule has 1 saturated heterocycles. The molecule has 2 aromatic heterocycles. The SMILES string of the molecule is O=C(c1cc(-c2cccnc2)nc2ccccc12)N1CCN(S(=O)(=O)Cc2ccccc2)CC1. The lowest BCUT2D eigenvalue weighted by atomic mass is 10.0. The monoisotopic (exact) mass is 472 g/mol. The van der Waals surface area contributed by atoms with E-state index in [1.54, 1.807) is 23.4 Å². The van der Waals surface area contributed by atoms with Gasteiger partial charge in [0, 0.05) is 49.5 Å². The van der Waals surface area contributed by atoms with E-state index in [0.29, 0.717) is 24.3 Å². The number of fused-ring (bicyclic) bond motifs is 1. The highest BCUT2D eigenvalue weighted by Gasteiger charge is 2.30. The number of carbonyl (C=O) groups is 1. The molecular weight excluding hydrogens is 448 g/mol. The molecule has 0 spiro atoms. The number of nitrogens with zero attached hydrogens (tertiary/aromatic N) is 4. The summed E-state index contributed by atoms with van der Waals surface area (Å²) in [6.45, 7) is 1.23. The zero-order valence-corrected chi connectivity index (χ0v) is 19.4. The summed E-state index contributed by atoms with van der Waals surface area (Å²) in [5, 5.41) is 0.777. The van der Waals surface area contributed by atoms with E-state index in [0.717, 1.165) is 22.0 Å². The lowest BCUT2D eigenvalue weighted by Gasteiger charge is -2.34. The normalized spacial score (nSPS) is 14.9. The zero-order valence-electron chi connectivity index (χ0n) is 18.5. The molecule has 0 unspecified atom stereocenters. The van der Waals surface area contributed by atoms with Crippen LogP contribution < -0.4 is 0 Å². The van der Waals surface area contributed by atoms with Crippen LogP contribution in [0.3, 0.4) is 0 Å². The zero-order chi connectivity index (χ0) is 23.5. The maximum atomic E-state index is 13.6. The highest BCUT2D eigenvalue weighted by molar-refractivity contribution is 7.88. The van der Waals surface area contributed by atoms with E-state index in [4.69, 9.17) is 4.98 Å². The Kier molecular flexibility index (Phi) is 6.08. The fourth-order valence-corrected chi connectivity index (χ4v) is 5.75. The largest absolute Gasteiger partial charge is 0.336 e. The van der Waals surface area contributed by atoms with E-state index in [2.05, 4.69) is 4.98 Å². The first-order chi connectivity index (χ1) is 16.5. The van der Waals surface area contributed by atoms with E-state index in [1.807, 2.05) is 66.7 Å². The number of piperazine rings is 1. The van der Waals surface area contributed by atoms with Crippen molar-refractivity contribution < 1.29 is 13.2 Å². The Labute approximate surface area is 198 Å². The Balaban J connectivity index is 1.37. The van der Waals surface area contributed by atoms with Crippen molar-refractivity contribution in [1.29, 1.82) is 0 Å². The number of aromatic nitrogens is 2. The number of pyridine rings is 2. The number of rotatable bonds is 5. The lowest BCUT2D eigenvalue weighted by molar-refractivity contribution is 0.0699. The van der Waals surface area contributed by atoms with E-state index in [-0.39, 0.29) is 24.7 Å². The van der Waals surface area contributed by atoms with Gasteiger partial charge in [-0.1, -0.05) is 48.5 Å². The Morgan fingerprint density at radius 2 is 1.62 bits per heavy atom. The molecule has 2 aromatic carbocycles. The fraction of sp³-hybridized carbons (Fsp3) is 0.192. The standard InChI is InChI=1S/C26H24N4O3S/c31-26(29-13-15-30(16-14-29)34(32,33)19-20-7-2-1-3-8-20)23-17-25(21-9-6-12-27-18-21)28-24-11-5-4-10-22(23)24/h1-12,17-18H,13-16,19H2. The minimum absolute atomic E-state index is 0.0365. The maximum absolute atomic E-state index is 13.6. The maximum Gasteiger partial charge on any atom is 0.254 e. The molecule has 172 valence electrons. The highest BCUT2D eigenvalue weighted by atomic mass is 32.2. The Morgan fingerprint density at radius 3 is 2.35 bits per heavy atom. The van der Waals surface area contributed by atoms with E-state index < -0.39 is 10.0 Å². The van der Waals surface area contributed by atoms with Crippen LogP contribution in [0.2, 0.25) is 0 Å². The number of para-hydroxylation sites is 1. The van der Waals surface area contributed by atoms with Gasteiger partial charge in [-0.25, -0.2) is 13.4 Å². The van der Waals surface area contributed by atoms with Gasteiger partial charge in [-0.2, -0.15) is 4.31 Å². The second-order valence-corrected chi connectivity index (χ2v) is 10.2. The second-order valence-electron chi connectivity index (χ2n) is 8.25. The average molecular weight is 473 g/mol. The van der Waals surface area contributed by atoms with Gasteiger partial charge in [0.05, 0.1) is 22.5 Å². The first kappa shape index (κ1) is 22.2. The first-order valence-corrected chi connectivity index (χ1v) is 12.7. The van der Waals surface area contributed by atoms with Crippen molar-refractivity contribution in [3.63, 3.8) is 0 Å². The number of hydrogen-bond donors (Lipinski definition) is 0. The molecule has 4 aromatic rings. The molecule has 1 aliphatic heterocycles. The molecule has 8 heteroatoms. The molecule has 1 amide bonds. The average Bonchev–Trinajstić information content (AvgIpc) is 2.88. The van der Waals surface area contributed by atoms with Gasteiger partial charge in [0.25, 0.3) is 5.91 Å². The Bertz CT molecular complexity index is 1420. The third kappa shape index (κ3) is 4.55. The summed E-state index contributed by atoms with van der Waals surface area (Å²) in [7, 11) is -3.45. The Morgan fingerprint density at radius 1 is 0.882 bits per heavy atom. The fourth-order valence-electron chi connectivity index (χ4n) is 4.23. The molecule has 1 aliphatic rings. The van der Waals surface area contributed by atoms with Gasteiger partial charge < -0.3 is 4.90 Å². The molecule has 0 N–H and O–H groups in total. The van der Waals surface area contributed by atoms with Crippen LogP contribution >= 0.6 is 0 Å². The van der Waals surface area contributed by atoms with Gasteiger partial charge in [0.1, 0.15) is 0 Å². The van der Waals surface area contributed by atoms with E-state index in [1.165, 1.54) is 4.31 Å². The van der Waals surface area contributed by atoms with Gasteiger partial charge in [-0.3, -0.25) is 9.78 Å². The number of sulfonamides is 1. The minimum Gasteiger partial charge on any atom is -0.336 e. The first-order valence-electron chi connectivity index (χ1n) is 11.1. The summed E-state index contributed by atoms with van der Waals surface area (Å²) >= 11 is 0. The number of benzene rings is 2. The van der Waals surface area contributed by atoms with Crippen molar-refractivity contribution in [3.05, 3.63) is 96.3 Å². The molecule has 0 atom stereocenters. The van der Waals surface area contributed by atoms with Crippen molar-refractivity contribution >= 4 is 26.8 Å². The molecule has 0 aliphatic carbocycles. The van der Waals surface area contributed by atoms with Crippen molar-refractivity contribution in [2.24, 2.45) is 0 Å². The molecule has 0 radical (unpaired) electrons. The molecule has 3 heterocycles. The van der Waals surface area contributed by atoms with Crippen LogP contribution in [0, 0.1) is 0 Å². The van der Waals surface area contributed by atoms with Gasteiger partial charge in [0.15, 0.2) is 0 Å². The van der Waals surface area contributed by atoms with Crippen LogP contribution in [0.15, 0.2) is 85.2 Å². The second kappa shape index (κ2) is 9.32. The summed E-state index contributed by atoms with van der Waals surface area (Å²) in [4.78, 5) is 24.2. The van der Waals surface area contributed by atoms with Crippen LogP contribution in [-0.2, 0) is 15.8 Å². The van der Waals surface area contributed by atoms with Crippen molar-refractivity contribution in [2.45, 2.75) is 5.75 Å². The predicted molar refractivity (Wildman–Crippen MR) is 132 cm³/mol. The summed E-state index contributed by atoms with van der Waals surface area (Å²) in [5.74, 6) is -0.158. The van der Waals surface area contributed by atoms with Crippen molar-refractivity contribution in [3.8, 4) is 11.3 Å². The summed E-state index contributed by atoms with van der Waals surface area (Å²) < 4.78 is 27.3. The molecular formula is C26H24N4O3S. The third-order valence-electron chi connectivity index (χ3n) is 6.02. The summed E-state index contributed by atoms with van der Waals surface area (Å²) in [6.07, 6.45) is 3.42. The molecule has 0 bridgehead atoms. The van der Waals surface area contributed by atoms with Gasteiger partial charge >= 0.3 is 0 Å². The smallest absolute Gasteiger partial charge is 0.254 e. The van der Waals surface area contributed by atoms with Crippen LogP contribution in [0.4, 0.5) is 0 Å². The van der Waals surface area contributed by atoms with Crippen LogP contribution in [-0.4, -0.2) is 59.7 Å². The lowest BCUT2D eigenvalue weighted by Crippen LogP contribution is -2.50. The van der Waals surface area contributed by atoms with Crippen molar-refractivity contribution in [2.75, 3.05) is 26.2 Å². The minimum atomic E-state index is -3.45. The van der Waals surface area contributed by atoms with Crippen LogP contribution in [0.25, 0.3) is 22.2 Å². The number of hydrogen-bond acceptors (Lipinski definition) is 5. The predicted octanol–water partition coefficient (Wildman–Crippen LogP) is 3.58. The highest BCUT2D eigenvalue weighted by Crippen LogP contribution is 2.26. The number of carbonyl (C=O) groups excluding carboxylic acids is 1. The molecule has 1 fully saturated rings. The van der Waals surface area contributed by atoms with Gasteiger partial charge in [-0.15, -0.1) is 0 Å². The van der Waals surface area contributed by atoms with Gasteiger partial charge in [0.2, 0.25) is 10.0 Å². The summed E-state index contributed by atoms with van der Waals surface area (Å²) in [6, 6.07) is 22.3. The Hall–Kier alpha value is -3.62. The van der Waals surface area contributed by atoms with Crippen LogP contribution in [0.5, 0.6) is 0 Å². The van der Waals surface area contributed by atoms with E-state index >= 15 is 0 Å². The molecule has 34 heavy (non-hydrogen) atoms. The topological polar surface area (TPSA) is 83.5 Å². The summed E-state index contributed by atoms with van der Waals surface area (Å²) in [5.41, 5.74) is 3.56. The molecule has 5 rings (SSSR count). The number of amides is 1. The third-order valence-corrected chi connectivity index (χ3v) is 7.87. The van der Waals surface area contributed by atoms with Crippen molar-refractivity contribution in [1.82, 2.24) is 19.2 Å². The van der Waals surface area contributed by atoms with Gasteiger partial charge in [-0.05, 0) is 29.8 Å².